The molecule has 2 aromatic carbocycles. The molecule has 0 saturated carbocycles. The summed E-state index contributed by atoms with van der Waals surface area (Å²) < 4.78 is 0. The number of nitrogens with one attached hydrogen (secondary N) is 1. The van der Waals surface area contributed by atoms with Gasteiger partial charge in [-0.3, -0.25) is 9.59 Å². The minimum absolute atomic E-state index is 0.102. The average Bonchev–Trinajstić information content (AvgIpc) is 3.08. The lowest BCUT2D eigenvalue weighted by Gasteiger charge is -2.24. The van der Waals surface area contributed by atoms with Crippen molar-refractivity contribution >= 4 is 40.7 Å². The van der Waals surface area contributed by atoms with Gasteiger partial charge in [-0.05, 0) is 60.7 Å². The van der Waals surface area contributed by atoms with Crippen LogP contribution in [0.3, 0.4) is 0 Å². The van der Waals surface area contributed by atoms with Crippen molar-refractivity contribution in [3.63, 3.8) is 0 Å². The fraction of sp³-hybridized carbons (Fsp3) is 0.192. The number of carbonyl (C=O) groups is 2. The Morgan fingerprint density at radius 1 is 1.29 bits per heavy atom. The predicted octanol–water partition coefficient (Wildman–Crippen LogP) is 4.23. The Bertz CT molecular complexity index is 1460. The number of carboxylic acids is 1. The number of carbonyl (C=O) groups excluding carboxylic acids is 1. The van der Waals surface area contributed by atoms with Crippen molar-refractivity contribution in [3.8, 4) is 6.07 Å². The second-order valence-electron chi connectivity index (χ2n) is 8.55. The van der Waals surface area contributed by atoms with Gasteiger partial charge in [0.25, 0.3) is 0 Å². The molecular formula is C26H22ClN5O3. The molecule has 3 aromatic rings. The fourth-order valence-electron chi connectivity index (χ4n) is 4.36. The Hall–Kier alpha value is -4.22. The van der Waals surface area contributed by atoms with Gasteiger partial charge in [0.15, 0.2) is 5.82 Å². The lowest BCUT2D eigenvalue weighted by Crippen LogP contribution is -2.33. The van der Waals surface area contributed by atoms with Crippen molar-refractivity contribution in [1.82, 2.24) is 9.97 Å². The highest BCUT2D eigenvalue weighted by Gasteiger charge is 2.47. The topological polar surface area (TPSA) is 142 Å². The Morgan fingerprint density at radius 2 is 2.03 bits per heavy atom. The van der Waals surface area contributed by atoms with Crippen LogP contribution in [0.25, 0.3) is 5.57 Å². The summed E-state index contributed by atoms with van der Waals surface area (Å²) in [6, 6.07) is 12.4. The fourth-order valence-corrected chi connectivity index (χ4v) is 4.58. The van der Waals surface area contributed by atoms with E-state index in [1.165, 1.54) is 0 Å². The normalized spacial score (nSPS) is 16.3. The van der Waals surface area contributed by atoms with E-state index in [-0.39, 0.29) is 36.2 Å². The molecule has 1 unspecified atom stereocenters. The molecule has 35 heavy (non-hydrogen) atoms. The summed E-state index contributed by atoms with van der Waals surface area (Å²) in [6.07, 6.45) is 0.105. The van der Waals surface area contributed by atoms with Crippen molar-refractivity contribution in [2.75, 3.05) is 11.1 Å². The number of benzene rings is 2. The minimum atomic E-state index is -1.24. The first kappa shape index (κ1) is 23.9. The van der Waals surface area contributed by atoms with Gasteiger partial charge in [0.2, 0.25) is 5.91 Å². The lowest BCUT2D eigenvalue weighted by atomic mass is 9.76. The molecule has 0 aliphatic carbocycles. The van der Waals surface area contributed by atoms with Crippen LogP contribution >= 0.6 is 11.6 Å². The van der Waals surface area contributed by atoms with Crippen LogP contribution < -0.4 is 11.1 Å². The Kier molecular flexibility index (Phi) is 6.05. The maximum Gasteiger partial charge on any atom is 0.303 e. The van der Waals surface area contributed by atoms with Crippen LogP contribution in [0.1, 0.15) is 52.5 Å². The molecule has 1 aliphatic heterocycles. The number of aromatic nitrogens is 2. The van der Waals surface area contributed by atoms with Crippen LogP contribution in [0.4, 0.5) is 11.6 Å². The van der Waals surface area contributed by atoms with Crippen LogP contribution in [0.15, 0.2) is 43.0 Å². The maximum absolute atomic E-state index is 13.2. The molecular weight excluding hydrogens is 466 g/mol. The van der Waals surface area contributed by atoms with E-state index in [1.54, 1.807) is 31.2 Å². The largest absolute Gasteiger partial charge is 0.481 e. The highest BCUT2D eigenvalue weighted by molar-refractivity contribution is 6.30. The smallest absolute Gasteiger partial charge is 0.303 e. The highest BCUT2D eigenvalue weighted by atomic mass is 35.5. The van der Waals surface area contributed by atoms with Gasteiger partial charge < -0.3 is 16.2 Å². The van der Waals surface area contributed by atoms with Crippen molar-refractivity contribution in [2.24, 2.45) is 0 Å². The van der Waals surface area contributed by atoms with E-state index in [9.17, 15) is 14.9 Å². The van der Waals surface area contributed by atoms with Crippen LogP contribution in [0, 0.1) is 18.3 Å². The number of carboxylic acid groups (broad SMARTS) is 1. The third-order valence-corrected chi connectivity index (χ3v) is 6.56. The number of nitrogens with zero attached hydrogens (tertiary/aromatic N) is 3. The van der Waals surface area contributed by atoms with Gasteiger partial charge in [-0.15, -0.1) is 0 Å². The molecule has 0 bridgehead atoms. The van der Waals surface area contributed by atoms with E-state index in [4.69, 9.17) is 22.4 Å². The average molecular weight is 488 g/mol. The number of nitriles is 1. The number of amides is 1. The molecule has 8 nitrogen and oxygen atoms in total. The zero-order valence-electron chi connectivity index (χ0n) is 19.1. The van der Waals surface area contributed by atoms with E-state index < -0.39 is 11.4 Å². The third kappa shape index (κ3) is 4.11. The molecule has 1 aliphatic rings. The number of hydrogen-bond acceptors (Lipinski definition) is 6. The van der Waals surface area contributed by atoms with E-state index in [2.05, 4.69) is 27.9 Å². The molecule has 9 heteroatoms. The van der Waals surface area contributed by atoms with E-state index >= 15 is 0 Å². The number of aliphatic carboxylic acids is 1. The zero-order chi connectivity index (χ0) is 25.5. The number of halogens is 1. The first-order chi connectivity index (χ1) is 16.6. The van der Waals surface area contributed by atoms with Gasteiger partial charge in [0.05, 0.1) is 17.2 Å². The molecule has 176 valence electrons. The van der Waals surface area contributed by atoms with E-state index in [0.717, 1.165) is 11.1 Å². The first-order valence-electron chi connectivity index (χ1n) is 10.8. The molecule has 1 aromatic heterocycles. The van der Waals surface area contributed by atoms with Crippen LogP contribution in [-0.4, -0.2) is 27.0 Å². The number of nitrogens with two attached hydrogens (primary N) is 1. The second-order valence-corrected chi connectivity index (χ2v) is 8.99. The Labute approximate surface area is 207 Å². The first-order valence-corrected chi connectivity index (χ1v) is 11.1. The number of hydrogen-bond donors (Lipinski definition) is 3. The van der Waals surface area contributed by atoms with Gasteiger partial charge in [-0.25, -0.2) is 9.97 Å². The summed E-state index contributed by atoms with van der Waals surface area (Å²) in [5, 5.41) is 22.0. The summed E-state index contributed by atoms with van der Waals surface area (Å²) >= 11 is 6.06. The number of rotatable bonds is 6. The maximum atomic E-state index is 13.2. The molecule has 0 radical (unpaired) electrons. The molecule has 4 N–H and O–H groups in total. The molecule has 0 saturated heterocycles. The quantitative estimate of drug-likeness (QED) is 0.472. The SMILES string of the molecule is C=C(c1nc(N)c2c(n1)NC(=O)C2(C)c1ccc(CCC(=O)O)c(C#N)c1)c1ccc(Cl)cc1C. The van der Waals surface area contributed by atoms with Crippen LogP contribution in [0.2, 0.25) is 5.02 Å². The van der Waals surface area contributed by atoms with Gasteiger partial charge in [-0.2, -0.15) is 5.26 Å². The number of anilines is 2. The second kappa shape index (κ2) is 8.85. The molecule has 1 atom stereocenters. The zero-order valence-corrected chi connectivity index (χ0v) is 19.9. The van der Waals surface area contributed by atoms with Crippen molar-refractivity contribution in [2.45, 2.75) is 32.1 Å². The van der Waals surface area contributed by atoms with Gasteiger partial charge >= 0.3 is 5.97 Å². The van der Waals surface area contributed by atoms with Crippen LogP contribution in [-0.2, 0) is 21.4 Å². The van der Waals surface area contributed by atoms with E-state index in [1.807, 2.05) is 19.1 Å². The Balaban J connectivity index is 1.77. The number of aryl methyl sites for hydroxylation is 2. The number of fused-ring (bicyclic) bond motifs is 1. The summed E-state index contributed by atoms with van der Waals surface area (Å²) in [7, 11) is 0. The predicted molar refractivity (Wildman–Crippen MR) is 133 cm³/mol. The highest BCUT2D eigenvalue weighted by Crippen LogP contribution is 2.45. The monoisotopic (exact) mass is 487 g/mol. The van der Waals surface area contributed by atoms with E-state index in [0.29, 0.717) is 32.8 Å². The molecule has 2 heterocycles. The lowest BCUT2D eigenvalue weighted by molar-refractivity contribution is -0.137. The molecule has 0 fully saturated rings. The summed E-state index contributed by atoms with van der Waals surface area (Å²) in [5.41, 5.74) is 9.19. The third-order valence-electron chi connectivity index (χ3n) is 6.32. The molecule has 0 spiro atoms. The van der Waals surface area contributed by atoms with Crippen LogP contribution in [0.5, 0.6) is 0 Å². The molecule has 4 rings (SSSR count). The van der Waals surface area contributed by atoms with Crippen molar-refractivity contribution < 1.29 is 14.7 Å². The Morgan fingerprint density at radius 3 is 2.69 bits per heavy atom. The standard InChI is InChI=1S/C26H22ClN5O3/c1-13-10-18(27)7-8-19(13)14(2)23-30-22(29)21-24(31-23)32-25(35)26(21,3)17-6-4-15(5-9-20(33)34)16(11-17)12-28/h4,6-8,10-11H,2,5,9H2,1,3H3,(H,33,34)(H3,29,30,31,32,35). The van der Waals surface area contributed by atoms with Gasteiger partial charge in [0.1, 0.15) is 17.1 Å². The molecule has 1 amide bonds. The van der Waals surface area contributed by atoms with Gasteiger partial charge in [-0.1, -0.05) is 36.4 Å². The van der Waals surface area contributed by atoms with Crippen molar-refractivity contribution in [1.29, 1.82) is 5.26 Å². The van der Waals surface area contributed by atoms with Gasteiger partial charge in [0, 0.05) is 17.0 Å². The summed E-state index contributed by atoms with van der Waals surface area (Å²) in [5.74, 6) is -0.641. The summed E-state index contributed by atoms with van der Waals surface area (Å²) in [4.78, 5) is 33.2. The number of nitrogen functional groups attached to an aromatic ring is 1. The van der Waals surface area contributed by atoms with Crippen molar-refractivity contribution in [3.05, 3.63) is 87.2 Å². The summed E-state index contributed by atoms with van der Waals surface area (Å²) in [6.45, 7) is 7.71. The minimum Gasteiger partial charge on any atom is -0.481 e.